The Labute approximate surface area is 123 Å². The van der Waals surface area contributed by atoms with Crippen molar-refractivity contribution in [3.8, 4) is 0 Å². The predicted molar refractivity (Wildman–Crippen MR) is 81.7 cm³/mol. The summed E-state index contributed by atoms with van der Waals surface area (Å²) in [6, 6.07) is 9.04. The molecule has 2 N–H and O–H groups in total. The maximum Gasteiger partial charge on any atom is 0.0705 e. The van der Waals surface area contributed by atoms with Crippen LogP contribution >= 0.6 is 11.6 Å². The van der Waals surface area contributed by atoms with E-state index in [1.54, 1.807) is 0 Å². The fourth-order valence-corrected chi connectivity index (χ4v) is 5.38. The highest BCUT2D eigenvalue weighted by molar-refractivity contribution is 6.36. The fourth-order valence-electron chi connectivity index (χ4n) is 5.10. The molecule has 2 nitrogen and oxygen atoms in total. The van der Waals surface area contributed by atoms with Crippen LogP contribution in [0.1, 0.15) is 25.0 Å². The van der Waals surface area contributed by atoms with Crippen molar-refractivity contribution >= 4 is 22.5 Å². The maximum absolute atomic E-state index is 6.48. The lowest BCUT2D eigenvalue weighted by molar-refractivity contribution is 0.456. The number of hydrogen-bond donors (Lipinski definition) is 2. The van der Waals surface area contributed by atoms with Crippen LogP contribution in [0.25, 0.3) is 10.9 Å². The van der Waals surface area contributed by atoms with Crippen LogP contribution < -0.4 is 5.32 Å². The van der Waals surface area contributed by atoms with Crippen molar-refractivity contribution in [3.05, 3.63) is 35.0 Å². The average Bonchev–Trinajstić information content (AvgIpc) is 2.79. The predicted octanol–water partition coefficient (Wildman–Crippen LogP) is 3.96. The Kier molecular flexibility index (Phi) is 2.34. The van der Waals surface area contributed by atoms with Gasteiger partial charge < -0.3 is 10.3 Å². The van der Waals surface area contributed by atoms with Gasteiger partial charge in [-0.3, -0.25) is 0 Å². The Morgan fingerprint density at radius 1 is 1.15 bits per heavy atom. The Morgan fingerprint density at radius 2 is 1.90 bits per heavy atom. The first kappa shape index (κ1) is 11.6. The lowest BCUT2D eigenvalue weighted by atomic mass is 10.0. The molecule has 0 amide bonds. The number of halogens is 1. The molecule has 20 heavy (non-hydrogen) atoms. The van der Waals surface area contributed by atoms with Gasteiger partial charge in [0.2, 0.25) is 0 Å². The second-order valence-electron chi connectivity index (χ2n) is 6.86. The zero-order valence-corrected chi connectivity index (χ0v) is 12.2. The van der Waals surface area contributed by atoms with Crippen molar-refractivity contribution in [2.75, 3.05) is 0 Å². The number of hydrogen-bond acceptors (Lipinski definition) is 1. The molecular weight excluding hydrogens is 268 g/mol. The number of benzene rings is 1. The molecule has 3 heteroatoms. The van der Waals surface area contributed by atoms with Crippen molar-refractivity contribution < 1.29 is 0 Å². The van der Waals surface area contributed by atoms with Crippen molar-refractivity contribution in [1.29, 1.82) is 0 Å². The topological polar surface area (TPSA) is 27.8 Å². The molecule has 0 radical (unpaired) electrons. The van der Waals surface area contributed by atoms with Gasteiger partial charge >= 0.3 is 0 Å². The average molecular weight is 287 g/mol. The molecule has 104 valence electrons. The van der Waals surface area contributed by atoms with Crippen LogP contribution in [0.15, 0.2) is 24.3 Å². The SMILES string of the molecule is Clc1c(CNC2C3C4CCC(C4)C23)[nH]c2ccccc12. The van der Waals surface area contributed by atoms with Crippen LogP contribution in [0.3, 0.4) is 0 Å². The molecular formula is C17H19ClN2. The molecule has 4 unspecified atom stereocenters. The smallest absolute Gasteiger partial charge is 0.0705 e. The van der Waals surface area contributed by atoms with E-state index in [0.717, 1.165) is 57.9 Å². The van der Waals surface area contributed by atoms with Crippen molar-refractivity contribution in [2.24, 2.45) is 23.7 Å². The molecule has 3 aliphatic carbocycles. The molecule has 3 fully saturated rings. The van der Waals surface area contributed by atoms with E-state index in [9.17, 15) is 0 Å². The van der Waals surface area contributed by atoms with Crippen molar-refractivity contribution in [1.82, 2.24) is 10.3 Å². The van der Waals surface area contributed by atoms with Gasteiger partial charge in [-0.15, -0.1) is 0 Å². The lowest BCUT2D eigenvalue weighted by Gasteiger charge is -2.10. The summed E-state index contributed by atoms with van der Waals surface area (Å²) in [5, 5.41) is 5.79. The minimum absolute atomic E-state index is 0.767. The first-order valence-corrected chi connectivity index (χ1v) is 8.19. The number of para-hydroxylation sites is 1. The van der Waals surface area contributed by atoms with Crippen LogP contribution in [-0.2, 0) is 6.54 Å². The minimum Gasteiger partial charge on any atom is -0.356 e. The van der Waals surface area contributed by atoms with E-state index in [4.69, 9.17) is 11.6 Å². The highest BCUT2D eigenvalue weighted by Crippen LogP contribution is 2.65. The monoisotopic (exact) mass is 286 g/mol. The Balaban J connectivity index is 1.34. The van der Waals surface area contributed by atoms with Gasteiger partial charge in [0, 0.05) is 29.2 Å². The van der Waals surface area contributed by atoms with E-state index in [1.807, 2.05) is 6.07 Å². The molecule has 0 aliphatic heterocycles. The van der Waals surface area contributed by atoms with Crippen molar-refractivity contribution in [2.45, 2.75) is 31.8 Å². The minimum atomic E-state index is 0.767. The molecule has 2 aromatic rings. The summed E-state index contributed by atoms with van der Waals surface area (Å²) < 4.78 is 0. The standard InChI is InChI=1S/C17H19ClN2/c18-16-11-3-1-2-4-12(11)20-13(16)8-19-17-14-9-5-6-10(7-9)15(14)17/h1-4,9-10,14-15,17,19-20H,5-8H2. The van der Waals surface area contributed by atoms with Gasteiger partial charge in [-0.2, -0.15) is 0 Å². The van der Waals surface area contributed by atoms with E-state index in [2.05, 4.69) is 28.5 Å². The van der Waals surface area contributed by atoms with Gasteiger partial charge in [0.15, 0.2) is 0 Å². The molecule has 1 heterocycles. The van der Waals surface area contributed by atoms with E-state index >= 15 is 0 Å². The van der Waals surface area contributed by atoms with Crippen LogP contribution in [0.2, 0.25) is 5.02 Å². The van der Waals surface area contributed by atoms with Gasteiger partial charge in [0.05, 0.1) is 5.02 Å². The first-order valence-electron chi connectivity index (χ1n) is 7.81. The number of aromatic nitrogens is 1. The first-order chi connectivity index (χ1) is 9.83. The van der Waals surface area contributed by atoms with Crippen LogP contribution in [-0.4, -0.2) is 11.0 Å². The summed E-state index contributed by atoms with van der Waals surface area (Å²) in [4.78, 5) is 3.46. The second-order valence-corrected chi connectivity index (χ2v) is 7.24. The van der Waals surface area contributed by atoms with Gasteiger partial charge in [-0.05, 0) is 49.0 Å². The summed E-state index contributed by atoms with van der Waals surface area (Å²) in [7, 11) is 0. The molecule has 3 saturated carbocycles. The van der Waals surface area contributed by atoms with E-state index in [0.29, 0.717) is 0 Å². The Morgan fingerprint density at radius 3 is 2.65 bits per heavy atom. The molecule has 2 bridgehead atoms. The number of aromatic amines is 1. The summed E-state index contributed by atoms with van der Waals surface area (Å²) in [6.07, 6.45) is 4.48. The van der Waals surface area contributed by atoms with Crippen LogP contribution in [0, 0.1) is 23.7 Å². The maximum atomic E-state index is 6.48. The van der Waals surface area contributed by atoms with Crippen LogP contribution in [0.4, 0.5) is 0 Å². The summed E-state index contributed by atoms with van der Waals surface area (Å²) >= 11 is 6.48. The zero-order chi connectivity index (χ0) is 13.3. The fraction of sp³-hybridized carbons (Fsp3) is 0.529. The molecule has 0 saturated heterocycles. The zero-order valence-electron chi connectivity index (χ0n) is 11.4. The Hall–Kier alpha value is -0.990. The van der Waals surface area contributed by atoms with Gasteiger partial charge in [-0.25, -0.2) is 0 Å². The summed E-state index contributed by atoms with van der Waals surface area (Å²) in [5.41, 5.74) is 2.29. The molecule has 1 aromatic heterocycles. The normalized spacial score (nSPS) is 37.5. The van der Waals surface area contributed by atoms with Gasteiger partial charge in [-0.1, -0.05) is 29.8 Å². The molecule has 0 spiro atoms. The quantitative estimate of drug-likeness (QED) is 0.878. The number of nitrogens with one attached hydrogen (secondary N) is 2. The van der Waals surface area contributed by atoms with Gasteiger partial charge in [0.25, 0.3) is 0 Å². The second kappa shape index (κ2) is 4.02. The van der Waals surface area contributed by atoms with E-state index in [-0.39, 0.29) is 0 Å². The van der Waals surface area contributed by atoms with E-state index < -0.39 is 0 Å². The van der Waals surface area contributed by atoms with Gasteiger partial charge in [0.1, 0.15) is 0 Å². The van der Waals surface area contributed by atoms with E-state index in [1.165, 1.54) is 19.3 Å². The number of rotatable bonds is 3. The molecule has 4 atom stereocenters. The molecule has 3 aliphatic rings. The van der Waals surface area contributed by atoms with Crippen molar-refractivity contribution in [3.63, 3.8) is 0 Å². The Bertz CT molecular complexity index is 661. The summed E-state index contributed by atoms with van der Waals surface area (Å²) in [5.74, 6) is 4.02. The third-order valence-electron chi connectivity index (χ3n) is 5.96. The third-order valence-corrected chi connectivity index (χ3v) is 6.40. The molecule has 5 rings (SSSR count). The number of H-pyrrole nitrogens is 1. The largest absolute Gasteiger partial charge is 0.356 e. The third kappa shape index (κ3) is 1.49. The summed E-state index contributed by atoms with van der Waals surface area (Å²) in [6.45, 7) is 0.880. The number of fused-ring (bicyclic) bond motifs is 6. The lowest BCUT2D eigenvalue weighted by Crippen LogP contribution is -2.22. The highest BCUT2D eigenvalue weighted by atomic mass is 35.5. The highest BCUT2D eigenvalue weighted by Gasteiger charge is 2.64. The molecule has 1 aromatic carbocycles. The van der Waals surface area contributed by atoms with Crippen LogP contribution in [0.5, 0.6) is 0 Å².